The molecule has 156 valence electrons. The second-order valence-electron chi connectivity index (χ2n) is 7.58. The highest BCUT2D eigenvalue weighted by molar-refractivity contribution is 5.95. The number of benzene rings is 1. The van der Waals surface area contributed by atoms with Gasteiger partial charge in [0.2, 0.25) is 5.91 Å². The molecule has 1 unspecified atom stereocenters. The molecule has 4 rings (SSSR count). The molecule has 1 fully saturated rings. The number of hydrogen-bond donors (Lipinski definition) is 1. The van der Waals surface area contributed by atoms with Crippen LogP contribution in [-0.2, 0) is 11.8 Å². The minimum atomic E-state index is -0.432. The summed E-state index contributed by atoms with van der Waals surface area (Å²) in [5.74, 6) is -0.0340. The Labute approximate surface area is 174 Å². The standard InChI is InChI=1S/C22H25N5O3/c1-14-21(15(2)26(3)24-14)18-10-7-11-27(18)20(28)13-23-22(29)17-12-19(30-25-17)16-8-5-4-6-9-16/h4-6,8-9,12,18H,7,10-11,13H2,1-3H3,(H,23,29). The van der Waals surface area contributed by atoms with Crippen LogP contribution in [0.3, 0.4) is 0 Å². The lowest BCUT2D eigenvalue weighted by Gasteiger charge is -2.25. The molecule has 0 aliphatic carbocycles. The number of likely N-dealkylation sites (tertiary alicyclic amines) is 1. The van der Waals surface area contributed by atoms with Gasteiger partial charge in [0.05, 0.1) is 18.3 Å². The Balaban J connectivity index is 1.41. The third-order valence-electron chi connectivity index (χ3n) is 5.67. The van der Waals surface area contributed by atoms with Crippen LogP contribution in [0.2, 0.25) is 0 Å². The van der Waals surface area contributed by atoms with Crippen molar-refractivity contribution in [1.29, 1.82) is 0 Å². The van der Waals surface area contributed by atoms with E-state index in [0.717, 1.165) is 35.4 Å². The van der Waals surface area contributed by atoms with Crippen molar-refractivity contribution in [1.82, 2.24) is 25.2 Å². The highest BCUT2D eigenvalue weighted by Crippen LogP contribution is 2.35. The van der Waals surface area contributed by atoms with Crippen LogP contribution in [0.4, 0.5) is 0 Å². The molecular formula is C22H25N5O3. The topological polar surface area (TPSA) is 93.3 Å². The number of carbonyl (C=O) groups is 2. The molecule has 1 aliphatic rings. The van der Waals surface area contributed by atoms with Gasteiger partial charge in [-0.25, -0.2) is 0 Å². The van der Waals surface area contributed by atoms with E-state index in [1.807, 2.05) is 60.8 Å². The van der Waals surface area contributed by atoms with E-state index in [1.165, 1.54) is 0 Å². The first-order valence-corrected chi connectivity index (χ1v) is 10.1. The van der Waals surface area contributed by atoms with Crippen LogP contribution in [0, 0.1) is 13.8 Å². The lowest BCUT2D eigenvalue weighted by molar-refractivity contribution is -0.131. The van der Waals surface area contributed by atoms with E-state index in [-0.39, 0.29) is 24.2 Å². The second-order valence-corrected chi connectivity index (χ2v) is 7.58. The summed E-state index contributed by atoms with van der Waals surface area (Å²) in [6.45, 7) is 4.59. The maximum atomic E-state index is 12.9. The Bertz CT molecular complexity index is 1070. The molecule has 1 aliphatic heterocycles. The van der Waals surface area contributed by atoms with E-state index in [4.69, 9.17) is 4.52 Å². The number of carbonyl (C=O) groups excluding carboxylic acids is 2. The number of aryl methyl sites for hydroxylation is 2. The monoisotopic (exact) mass is 407 g/mol. The molecule has 3 heterocycles. The number of aromatic nitrogens is 3. The molecule has 0 radical (unpaired) electrons. The van der Waals surface area contributed by atoms with Crippen LogP contribution in [0.5, 0.6) is 0 Å². The summed E-state index contributed by atoms with van der Waals surface area (Å²) in [6, 6.07) is 11.0. The van der Waals surface area contributed by atoms with E-state index in [9.17, 15) is 9.59 Å². The molecule has 8 heteroatoms. The Hall–Kier alpha value is -3.42. The van der Waals surface area contributed by atoms with E-state index >= 15 is 0 Å². The number of amides is 2. The molecule has 30 heavy (non-hydrogen) atoms. The summed E-state index contributed by atoms with van der Waals surface area (Å²) in [4.78, 5) is 27.2. The van der Waals surface area contributed by atoms with Crippen molar-refractivity contribution in [2.45, 2.75) is 32.7 Å². The van der Waals surface area contributed by atoms with Gasteiger partial charge in [0.25, 0.3) is 5.91 Å². The fourth-order valence-corrected chi connectivity index (χ4v) is 4.11. The Morgan fingerprint density at radius 2 is 2.00 bits per heavy atom. The average molecular weight is 407 g/mol. The zero-order valence-corrected chi connectivity index (χ0v) is 17.4. The SMILES string of the molecule is Cc1nn(C)c(C)c1C1CCCN1C(=O)CNC(=O)c1cc(-c2ccccc2)on1. The van der Waals surface area contributed by atoms with Gasteiger partial charge < -0.3 is 14.7 Å². The Morgan fingerprint density at radius 1 is 1.23 bits per heavy atom. The third-order valence-corrected chi connectivity index (χ3v) is 5.67. The van der Waals surface area contributed by atoms with Gasteiger partial charge in [-0.1, -0.05) is 35.5 Å². The van der Waals surface area contributed by atoms with Crippen LogP contribution >= 0.6 is 0 Å². The number of nitrogens with one attached hydrogen (secondary N) is 1. The summed E-state index contributed by atoms with van der Waals surface area (Å²) >= 11 is 0. The minimum Gasteiger partial charge on any atom is -0.355 e. The van der Waals surface area contributed by atoms with Crippen molar-refractivity contribution >= 4 is 11.8 Å². The Morgan fingerprint density at radius 3 is 2.70 bits per heavy atom. The molecule has 1 saturated heterocycles. The lowest BCUT2D eigenvalue weighted by atomic mass is 10.0. The van der Waals surface area contributed by atoms with Gasteiger partial charge in [0.15, 0.2) is 11.5 Å². The highest BCUT2D eigenvalue weighted by Gasteiger charge is 2.33. The van der Waals surface area contributed by atoms with E-state index in [1.54, 1.807) is 6.07 Å². The summed E-state index contributed by atoms with van der Waals surface area (Å²) < 4.78 is 7.12. The van der Waals surface area contributed by atoms with Crippen LogP contribution < -0.4 is 5.32 Å². The molecule has 1 N–H and O–H groups in total. The van der Waals surface area contributed by atoms with Crippen molar-refractivity contribution in [3.05, 3.63) is 59.0 Å². The van der Waals surface area contributed by atoms with Crippen molar-refractivity contribution in [2.24, 2.45) is 7.05 Å². The quantitative estimate of drug-likeness (QED) is 0.702. The van der Waals surface area contributed by atoms with Gasteiger partial charge in [0.1, 0.15) is 0 Å². The predicted molar refractivity (Wildman–Crippen MR) is 111 cm³/mol. The zero-order valence-electron chi connectivity index (χ0n) is 17.4. The molecule has 3 aromatic rings. The highest BCUT2D eigenvalue weighted by atomic mass is 16.5. The maximum Gasteiger partial charge on any atom is 0.273 e. The minimum absolute atomic E-state index is 0.000152. The average Bonchev–Trinajstić information content (AvgIpc) is 3.47. The largest absolute Gasteiger partial charge is 0.355 e. The number of hydrogen-bond acceptors (Lipinski definition) is 5. The van der Waals surface area contributed by atoms with Crippen LogP contribution in [0.15, 0.2) is 40.9 Å². The summed E-state index contributed by atoms with van der Waals surface area (Å²) in [5, 5.41) is 11.0. The molecule has 2 amide bonds. The van der Waals surface area contributed by atoms with Crippen molar-refractivity contribution in [3.63, 3.8) is 0 Å². The van der Waals surface area contributed by atoms with Gasteiger partial charge in [0, 0.05) is 36.5 Å². The third kappa shape index (κ3) is 3.72. The first-order valence-electron chi connectivity index (χ1n) is 10.1. The summed E-state index contributed by atoms with van der Waals surface area (Å²) in [7, 11) is 1.91. The van der Waals surface area contributed by atoms with E-state index in [0.29, 0.717) is 12.3 Å². The number of rotatable bonds is 5. The van der Waals surface area contributed by atoms with Crippen molar-refractivity contribution in [2.75, 3.05) is 13.1 Å². The first kappa shape index (κ1) is 19.9. The van der Waals surface area contributed by atoms with Crippen LogP contribution in [0.25, 0.3) is 11.3 Å². The van der Waals surface area contributed by atoms with Gasteiger partial charge in [-0.3, -0.25) is 14.3 Å². The first-order chi connectivity index (χ1) is 14.5. The molecule has 0 spiro atoms. The normalized spacial score (nSPS) is 16.1. The summed E-state index contributed by atoms with van der Waals surface area (Å²) in [6.07, 6.45) is 1.83. The van der Waals surface area contributed by atoms with E-state index in [2.05, 4.69) is 15.6 Å². The fraction of sp³-hybridized carbons (Fsp3) is 0.364. The molecule has 1 aromatic carbocycles. The van der Waals surface area contributed by atoms with Crippen LogP contribution in [-0.4, -0.2) is 44.7 Å². The van der Waals surface area contributed by atoms with E-state index < -0.39 is 5.91 Å². The van der Waals surface area contributed by atoms with Crippen LogP contribution in [0.1, 0.15) is 46.3 Å². The van der Waals surface area contributed by atoms with Gasteiger partial charge in [-0.2, -0.15) is 5.10 Å². The smallest absolute Gasteiger partial charge is 0.273 e. The van der Waals surface area contributed by atoms with Gasteiger partial charge in [-0.05, 0) is 26.7 Å². The fourth-order valence-electron chi connectivity index (χ4n) is 4.11. The number of nitrogens with zero attached hydrogens (tertiary/aromatic N) is 4. The summed E-state index contributed by atoms with van der Waals surface area (Å²) in [5.41, 5.74) is 4.11. The van der Waals surface area contributed by atoms with Gasteiger partial charge >= 0.3 is 0 Å². The van der Waals surface area contributed by atoms with Crippen molar-refractivity contribution in [3.8, 4) is 11.3 Å². The molecule has 0 bridgehead atoms. The van der Waals surface area contributed by atoms with Gasteiger partial charge in [-0.15, -0.1) is 0 Å². The molecule has 0 saturated carbocycles. The second kappa shape index (κ2) is 8.14. The Kier molecular flexibility index (Phi) is 5.39. The molecule has 8 nitrogen and oxygen atoms in total. The molecule has 2 aromatic heterocycles. The lowest BCUT2D eigenvalue weighted by Crippen LogP contribution is -2.40. The maximum absolute atomic E-state index is 12.9. The zero-order chi connectivity index (χ0) is 21.3. The predicted octanol–water partition coefficient (Wildman–Crippen LogP) is 2.79. The molecular weight excluding hydrogens is 382 g/mol. The molecule has 1 atom stereocenters. The van der Waals surface area contributed by atoms with Crippen molar-refractivity contribution < 1.29 is 14.1 Å².